The molecule has 170 valence electrons. The van der Waals surface area contributed by atoms with E-state index >= 15 is 0 Å². The first kappa shape index (κ1) is 22.5. The van der Waals surface area contributed by atoms with Gasteiger partial charge in [0.1, 0.15) is 0 Å². The third kappa shape index (κ3) is 4.88. The Hall–Kier alpha value is -3.71. The summed E-state index contributed by atoms with van der Waals surface area (Å²) in [5.74, 6) is 1.38. The van der Waals surface area contributed by atoms with Crippen LogP contribution >= 0.6 is 11.6 Å². The number of nitrogens with one attached hydrogen (secondary N) is 1. The summed E-state index contributed by atoms with van der Waals surface area (Å²) in [7, 11) is 4.66. The minimum Gasteiger partial charge on any atom is -0.493 e. The lowest BCUT2D eigenvalue weighted by atomic mass is 10.1. The predicted octanol–water partition coefficient (Wildman–Crippen LogP) is 4.69. The molecule has 1 N–H and O–H groups in total. The molecule has 1 amide bonds. The van der Waals surface area contributed by atoms with Gasteiger partial charge in [-0.15, -0.1) is 0 Å². The van der Waals surface area contributed by atoms with E-state index in [-0.39, 0.29) is 5.91 Å². The first-order valence-electron chi connectivity index (χ1n) is 10.3. The molecule has 0 radical (unpaired) electrons. The standard InChI is InChI=1S/C25H24ClN3O4/c1-31-22-10-17(11-23(32-2)24(22)33-3)13-27-25(30)18-7-8-19-14-28-29(21(19)12-18)15-16-5-4-6-20(26)9-16/h4-12,14H,13,15H2,1-3H3,(H,27,30). The fourth-order valence-corrected chi connectivity index (χ4v) is 3.88. The summed E-state index contributed by atoms with van der Waals surface area (Å²) in [6.07, 6.45) is 1.79. The highest BCUT2D eigenvalue weighted by Gasteiger charge is 2.15. The number of fused-ring (bicyclic) bond motifs is 1. The molecule has 0 unspecified atom stereocenters. The monoisotopic (exact) mass is 465 g/mol. The first-order chi connectivity index (χ1) is 16.0. The Labute approximate surface area is 196 Å². The summed E-state index contributed by atoms with van der Waals surface area (Å²) in [6, 6.07) is 16.8. The number of carbonyl (C=O) groups excluding carboxylic acids is 1. The maximum atomic E-state index is 12.9. The summed E-state index contributed by atoms with van der Waals surface area (Å²) < 4.78 is 18.0. The van der Waals surface area contributed by atoms with Gasteiger partial charge in [0, 0.05) is 22.5 Å². The number of ether oxygens (including phenoxy) is 3. The number of methoxy groups -OCH3 is 3. The summed E-state index contributed by atoms with van der Waals surface area (Å²) in [6.45, 7) is 0.857. The van der Waals surface area contributed by atoms with E-state index in [1.54, 1.807) is 33.6 Å². The molecule has 0 aliphatic rings. The quantitative estimate of drug-likeness (QED) is 0.408. The van der Waals surface area contributed by atoms with E-state index in [0.29, 0.717) is 40.9 Å². The predicted molar refractivity (Wildman–Crippen MR) is 128 cm³/mol. The van der Waals surface area contributed by atoms with Gasteiger partial charge in [0.2, 0.25) is 5.75 Å². The van der Waals surface area contributed by atoms with E-state index in [4.69, 9.17) is 25.8 Å². The number of carbonyl (C=O) groups is 1. The number of aromatic nitrogens is 2. The zero-order valence-electron chi connectivity index (χ0n) is 18.6. The molecule has 0 saturated heterocycles. The lowest BCUT2D eigenvalue weighted by Crippen LogP contribution is -2.22. The summed E-state index contributed by atoms with van der Waals surface area (Å²) in [5.41, 5.74) is 3.27. The number of rotatable bonds is 8. The van der Waals surface area contributed by atoms with Crippen LogP contribution in [-0.2, 0) is 13.1 Å². The smallest absolute Gasteiger partial charge is 0.251 e. The number of benzene rings is 3. The van der Waals surface area contributed by atoms with E-state index in [9.17, 15) is 4.79 Å². The largest absolute Gasteiger partial charge is 0.493 e. The molecule has 0 spiro atoms. The van der Waals surface area contributed by atoms with Crippen molar-refractivity contribution in [3.63, 3.8) is 0 Å². The Bertz CT molecular complexity index is 1280. The Balaban J connectivity index is 1.53. The van der Waals surface area contributed by atoms with Crippen LogP contribution in [0.1, 0.15) is 21.5 Å². The lowest BCUT2D eigenvalue weighted by Gasteiger charge is -2.14. The summed E-state index contributed by atoms with van der Waals surface area (Å²) in [5, 5.41) is 9.06. The molecule has 1 aromatic heterocycles. The molecule has 7 nitrogen and oxygen atoms in total. The second-order valence-corrected chi connectivity index (χ2v) is 7.86. The van der Waals surface area contributed by atoms with E-state index in [0.717, 1.165) is 22.0 Å². The molecule has 0 saturated carbocycles. The number of hydrogen-bond acceptors (Lipinski definition) is 5. The van der Waals surface area contributed by atoms with Gasteiger partial charge in [-0.05, 0) is 47.5 Å². The van der Waals surface area contributed by atoms with Gasteiger partial charge in [-0.3, -0.25) is 9.48 Å². The maximum absolute atomic E-state index is 12.9. The van der Waals surface area contributed by atoms with Crippen molar-refractivity contribution in [3.05, 3.63) is 82.5 Å². The van der Waals surface area contributed by atoms with E-state index in [2.05, 4.69) is 10.4 Å². The average Bonchev–Trinajstić information content (AvgIpc) is 3.23. The molecule has 0 bridgehead atoms. The molecule has 0 aliphatic heterocycles. The van der Waals surface area contributed by atoms with Gasteiger partial charge in [-0.25, -0.2) is 0 Å². The molecule has 4 rings (SSSR count). The molecular formula is C25H24ClN3O4. The molecule has 0 atom stereocenters. The first-order valence-corrected chi connectivity index (χ1v) is 10.7. The van der Waals surface area contributed by atoms with Gasteiger partial charge >= 0.3 is 0 Å². The van der Waals surface area contributed by atoms with Crippen LogP contribution < -0.4 is 19.5 Å². The van der Waals surface area contributed by atoms with E-state index in [1.807, 2.05) is 53.2 Å². The summed E-state index contributed by atoms with van der Waals surface area (Å²) in [4.78, 5) is 12.9. The van der Waals surface area contributed by atoms with Crippen molar-refractivity contribution in [3.8, 4) is 17.2 Å². The van der Waals surface area contributed by atoms with Crippen LogP contribution in [0.25, 0.3) is 10.9 Å². The van der Waals surface area contributed by atoms with Crippen LogP contribution in [-0.4, -0.2) is 37.0 Å². The summed E-state index contributed by atoms with van der Waals surface area (Å²) >= 11 is 6.11. The molecular weight excluding hydrogens is 442 g/mol. The number of nitrogens with zero attached hydrogens (tertiary/aromatic N) is 2. The second-order valence-electron chi connectivity index (χ2n) is 7.42. The van der Waals surface area contributed by atoms with Crippen molar-refractivity contribution in [2.45, 2.75) is 13.1 Å². The zero-order chi connectivity index (χ0) is 23.4. The van der Waals surface area contributed by atoms with Crippen molar-refractivity contribution in [2.75, 3.05) is 21.3 Å². The Morgan fingerprint density at radius 2 is 1.73 bits per heavy atom. The van der Waals surface area contributed by atoms with Gasteiger partial charge in [0.15, 0.2) is 11.5 Å². The van der Waals surface area contributed by atoms with Gasteiger partial charge in [-0.2, -0.15) is 5.10 Å². The van der Waals surface area contributed by atoms with Crippen LogP contribution in [0.3, 0.4) is 0 Å². The van der Waals surface area contributed by atoms with Gasteiger partial charge in [0.05, 0.1) is 39.6 Å². The molecule has 1 heterocycles. The van der Waals surface area contributed by atoms with E-state index < -0.39 is 0 Å². The minimum atomic E-state index is -0.193. The third-order valence-electron chi connectivity index (χ3n) is 5.31. The Kier molecular flexibility index (Phi) is 6.70. The van der Waals surface area contributed by atoms with Gasteiger partial charge in [-0.1, -0.05) is 29.8 Å². The van der Waals surface area contributed by atoms with Gasteiger partial charge < -0.3 is 19.5 Å². The highest BCUT2D eigenvalue weighted by Crippen LogP contribution is 2.38. The fourth-order valence-electron chi connectivity index (χ4n) is 3.67. The van der Waals surface area contributed by atoms with Crippen molar-refractivity contribution < 1.29 is 19.0 Å². The topological polar surface area (TPSA) is 74.6 Å². The normalized spacial score (nSPS) is 10.8. The molecule has 3 aromatic carbocycles. The Morgan fingerprint density at radius 3 is 2.39 bits per heavy atom. The lowest BCUT2D eigenvalue weighted by molar-refractivity contribution is 0.0951. The number of hydrogen-bond donors (Lipinski definition) is 1. The molecule has 4 aromatic rings. The van der Waals surface area contributed by atoms with Crippen LogP contribution in [0.2, 0.25) is 5.02 Å². The second kappa shape index (κ2) is 9.83. The molecule has 0 fully saturated rings. The number of amides is 1. The fraction of sp³-hybridized carbons (Fsp3) is 0.200. The van der Waals surface area contributed by atoms with Gasteiger partial charge in [0.25, 0.3) is 5.91 Å². The van der Waals surface area contributed by atoms with E-state index in [1.165, 1.54) is 0 Å². The van der Waals surface area contributed by atoms with Crippen molar-refractivity contribution in [2.24, 2.45) is 0 Å². The minimum absolute atomic E-state index is 0.193. The van der Waals surface area contributed by atoms with Crippen molar-refractivity contribution in [1.29, 1.82) is 0 Å². The maximum Gasteiger partial charge on any atom is 0.251 e. The third-order valence-corrected chi connectivity index (χ3v) is 5.54. The SMILES string of the molecule is COc1cc(CNC(=O)c2ccc3cnn(Cc4cccc(Cl)c4)c3c2)cc(OC)c1OC. The number of halogens is 1. The van der Waals surface area contributed by atoms with Crippen LogP contribution in [0.4, 0.5) is 0 Å². The van der Waals surface area contributed by atoms with Crippen LogP contribution in [0.15, 0.2) is 60.8 Å². The molecule has 33 heavy (non-hydrogen) atoms. The van der Waals surface area contributed by atoms with Crippen molar-refractivity contribution >= 4 is 28.4 Å². The molecule has 8 heteroatoms. The highest BCUT2D eigenvalue weighted by molar-refractivity contribution is 6.30. The zero-order valence-corrected chi connectivity index (χ0v) is 19.3. The van der Waals surface area contributed by atoms with Crippen LogP contribution in [0, 0.1) is 0 Å². The highest BCUT2D eigenvalue weighted by atomic mass is 35.5. The van der Waals surface area contributed by atoms with Crippen LogP contribution in [0.5, 0.6) is 17.2 Å². The molecule has 0 aliphatic carbocycles. The Morgan fingerprint density at radius 1 is 0.970 bits per heavy atom. The average molecular weight is 466 g/mol. The van der Waals surface area contributed by atoms with Crippen molar-refractivity contribution in [1.82, 2.24) is 15.1 Å².